The summed E-state index contributed by atoms with van der Waals surface area (Å²) in [5.41, 5.74) is 2.67. The molecule has 1 aliphatic heterocycles. The van der Waals surface area contributed by atoms with Crippen molar-refractivity contribution in [3.63, 3.8) is 0 Å². The lowest BCUT2D eigenvalue weighted by Gasteiger charge is -2.08. The molecule has 0 radical (unpaired) electrons. The van der Waals surface area contributed by atoms with E-state index in [1.54, 1.807) is 54.6 Å². The molecule has 0 atom stereocenters. The van der Waals surface area contributed by atoms with Crippen LogP contribution in [0, 0.1) is 6.92 Å². The van der Waals surface area contributed by atoms with Gasteiger partial charge in [-0.2, -0.15) is 0 Å². The summed E-state index contributed by atoms with van der Waals surface area (Å²) in [6, 6.07) is 19.3. The number of carbonyl (C=O) groups is 2. The molecule has 4 rings (SSSR count). The van der Waals surface area contributed by atoms with E-state index in [0.717, 1.165) is 5.56 Å². The molecule has 0 saturated heterocycles. The van der Waals surface area contributed by atoms with Crippen molar-refractivity contribution < 1.29 is 23.8 Å². The number of allylic oxidation sites excluding steroid dienone is 1. The number of hydrogen-bond acceptors (Lipinski definition) is 5. The molecule has 5 nitrogen and oxygen atoms in total. The van der Waals surface area contributed by atoms with Crippen molar-refractivity contribution >= 4 is 17.8 Å². The number of rotatable bonds is 5. The predicted molar refractivity (Wildman–Crippen MR) is 109 cm³/mol. The average molecular weight is 386 g/mol. The van der Waals surface area contributed by atoms with E-state index in [1.165, 1.54) is 6.08 Å². The quantitative estimate of drug-likeness (QED) is 0.272. The maximum atomic E-state index is 12.5. The van der Waals surface area contributed by atoms with Crippen molar-refractivity contribution in [2.75, 3.05) is 6.79 Å². The van der Waals surface area contributed by atoms with Crippen LogP contribution >= 0.6 is 0 Å². The van der Waals surface area contributed by atoms with Crippen LogP contribution in [0.2, 0.25) is 0 Å². The van der Waals surface area contributed by atoms with Crippen LogP contribution in [0.1, 0.15) is 31.8 Å². The van der Waals surface area contributed by atoms with Crippen LogP contribution < -0.4 is 14.2 Å². The second kappa shape index (κ2) is 8.02. The topological polar surface area (TPSA) is 61.8 Å². The van der Waals surface area contributed by atoms with Gasteiger partial charge in [0.1, 0.15) is 5.75 Å². The lowest BCUT2D eigenvalue weighted by molar-refractivity contribution is 0.0733. The summed E-state index contributed by atoms with van der Waals surface area (Å²) >= 11 is 0. The molecule has 0 aromatic heterocycles. The van der Waals surface area contributed by atoms with Crippen molar-refractivity contribution in [1.29, 1.82) is 0 Å². The van der Waals surface area contributed by atoms with Gasteiger partial charge in [-0.3, -0.25) is 4.79 Å². The van der Waals surface area contributed by atoms with Crippen molar-refractivity contribution in [2.24, 2.45) is 0 Å². The van der Waals surface area contributed by atoms with E-state index in [9.17, 15) is 9.59 Å². The minimum atomic E-state index is -0.519. The Morgan fingerprint density at radius 1 is 0.897 bits per heavy atom. The first-order valence-corrected chi connectivity index (χ1v) is 9.10. The van der Waals surface area contributed by atoms with Crippen molar-refractivity contribution in [3.05, 3.63) is 95.1 Å². The van der Waals surface area contributed by atoms with Gasteiger partial charge in [0.2, 0.25) is 6.79 Å². The number of para-hydroxylation sites is 1. The minimum Gasteiger partial charge on any atom is -0.454 e. The van der Waals surface area contributed by atoms with Crippen molar-refractivity contribution in [3.8, 4) is 17.2 Å². The van der Waals surface area contributed by atoms with Crippen LogP contribution in [0.15, 0.2) is 72.8 Å². The van der Waals surface area contributed by atoms with Gasteiger partial charge in [0.05, 0.1) is 5.56 Å². The molecule has 144 valence electrons. The standard InChI is InChI=1S/C24H18O5/c1-16-6-8-17(9-7-16)20(25)12-10-18-4-2-3-5-21(18)29-24(26)19-11-13-22-23(14-19)28-15-27-22/h2-14H,15H2,1H3. The van der Waals surface area contributed by atoms with E-state index in [0.29, 0.717) is 33.9 Å². The zero-order valence-electron chi connectivity index (χ0n) is 15.8. The Morgan fingerprint density at radius 2 is 1.62 bits per heavy atom. The molecule has 0 N–H and O–H groups in total. The number of aryl methyl sites for hydroxylation is 1. The van der Waals surface area contributed by atoms with E-state index >= 15 is 0 Å². The molecule has 0 aliphatic carbocycles. The molecule has 3 aromatic carbocycles. The number of hydrogen-bond donors (Lipinski definition) is 0. The van der Waals surface area contributed by atoms with E-state index < -0.39 is 5.97 Å². The zero-order chi connectivity index (χ0) is 20.2. The van der Waals surface area contributed by atoms with E-state index in [2.05, 4.69) is 0 Å². The molecular formula is C24H18O5. The second-order valence-corrected chi connectivity index (χ2v) is 6.56. The number of fused-ring (bicyclic) bond motifs is 1. The first-order chi connectivity index (χ1) is 14.1. The van der Waals surface area contributed by atoms with E-state index in [4.69, 9.17) is 14.2 Å². The number of carbonyl (C=O) groups excluding carboxylic acids is 2. The summed E-state index contributed by atoms with van der Waals surface area (Å²) in [5, 5.41) is 0. The van der Waals surface area contributed by atoms with Crippen molar-refractivity contribution in [2.45, 2.75) is 6.92 Å². The molecule has 1 heterocycles. The Bertz CT molecular complexity index is 1100. The number of ether oxygens (including phenoxy) is 3. The Kier molecular flexibility index (Phi) is 5.12. The third-order valence-corrected chi connectivity index (χ3v) is 4.48. The minimum absolute atomic E-state index is 0.123. The molecule has 0 amide bonds. The van der Waals surface area contributed by atoms with Gasteiger partial charge in [0.15, 0.2) is 17.3 Å². The summed E-state index contributed by atoms with van der Waals surface area (Å²) in [7, 11) is 0. The van der Waals surface area contributed by atoms with Crippen LogP contribution in [-0.2, 0) is 0 Å². The smallest absolute Gasteiger partial charge is 0.343 e. The van der Waals surface area contributed by atoms with Gasteiger partial charge in [-0.05, 0) is 43.3 Å². The highest BCUT2D eigenvalue weighted by molar-refractivity contribution is 6.07. The van der Waals surface area contributed by atoms with Gasteiger partial charge in [-0.1, -0.05) is 48.0 Å². The maximum Gasteiger partial charge on any atom is 0.343 e. The molecular weight excluding hydrogens is 368 g/mol. The number of benzene rings is 3. The van der Waals surface area contributed by atoms with Crippen LogP contribution in [0.25, 0.3) is 6.08 Å². The van der Waals surface area contributed by atoms with Crippen LogP contribution in [0.3, 0.4) is 0 Å². The zero-order valence-corrected chi connectivity index (χ0v) is 15.8. The van der Waals surface area contributed by atoms with Gasteiger partial charge in [0.25, 0.3) is 0 Å². The summed E-state index contributed by atoms with van der Waals surface area (Å²) in [6.45, 7) is 2.10. The van der Waals surface area contributed by atoms with Crippen LogP contribution in [0.5, 0.6) is 17.2 Å². The Hall–Kier alpha value is -3.86. The monoisotopic (exact) mass is 386 g/mol. The Labute approximate surface area is 168 Å². The third-order valence-electron chi connectivity index (χ3n) is 4.48. The average Bonchev–Trinajstić information content (AvgIpc) is 3.21. The molecule has 5 heteroatoms. The summed E-state index contributed by atoms with van der Waals surface area (Å²) in [6.07, 6.45) is 3.11. The van der Waals surface area contributed by atoms with Gasteiger partial charge in [0, 0.05) is 11.1 Å². The SMILES string of the molecule is Cc1ccc(C(=O)C=Cc2ccccc2OC(=O)c2ccc3c(c2)OCO3)cc1. The lowest BCUT2D eigenvalue weighted by Crippen LogP contribution is -2.09. The molecule has 0 saturated carbocycles. The third kappa shape index (κ3) is 4.19. The van der Waals surface area contributed by atoms with Gasteiger partial charge in [-0.25, -0.2) is 4.79 Å². The van der Waals surface area contributed by atoms with Gasteiger partial charge < -0.3 is 14.2 Å². The lowest BCUT2D eigenvalue weighted by atomic mass is 10.1. The summed E-state index contributed by atoms with van der Waals surface area (Å²) < 4.78 is 16.1. The Balaban J connectivity index is 1.51. The molecule has 0 fully saturated rings. The van der Waals surface area contributed by atoms with Crippen LogP contribution in [-0.4, -0.2) is 18.5 Å². The molecule has 29 heavy (non-hydrogen) atoms. The largest absolute Gasteiger partial charge is 0.454 e. The predicted octanol–water partition coefficient (Wildman–Crippen LogP) is 4.84. The highest BCUT2D eigenvalue weighted by atomic mass is 16.7. The fraction of sp³-hybridized carbons (Fsp3) is 0.0833. The highest BCUT2D eigenvalue weighted by Gasteiger charge is 2.18. The molecule has 0 bridgehead atoms. The fourth-order valence-electron chi connectivity index (χ4n) is 2.87. The second-order valence-electron chi connectivity index (χ2n) is 6.56. The number of ketones is 1. The first-order valence-electron chi connectivity index (χ1n) is 9.10. The van der Waals surface area contributed by atoms with E-state index in [1.807, 2.05) is 25.1 Å². The fourth-order valence-corrected chi connectivity index (χ4v) is 2.87. The normalized spacial score (nSPS) is 12.2. The van der Waals surface area contributed by atoms with E-state index in [-0.39, 0.29) is 12.6 Å². The molecule has 0 spiro atoms. The number of esters is 1. The summed E-state index contributed by atoms with van der Waals surface area (Å²) in [4.78, 5) is 24.9. The molecule has 1 aliphatic rings. The maximum absolute atomic E-state index is 12.5. The Morgan fingerprint density at radius 3 is 2.45 bits per heavy atom. The molecule has 3 aromatic rings. The molecule has 0 unspecified atom stereocenters. The van der Waals surface area contributed by atoms with Gasteiger partial charge >= 0.3 is 5.97 Å². The highest BCUT2D eigenvalue weighted by Crippen LogP contribution is 2.33. The van der Waals surface area contributed by atoms with Gasteiger partial charge in [-0.15, -0.1) is 0 Å². The van der Waals surface area contributed by atoms with Crippen LogP contribution in [0.4, 0.5) is 0 Å². The van der Waals surface area contributed by atoms with Crippen molar-refractivity contribution in [1.82, 2.24) is 0 Å². The summed E-state index contributed by atoms with van der Waals surface area (Å²) in [5.74, 6) is 0.829. The first kappa shape index (κ1) is 18.5.